The quantitative estimate of drug-likeness (QED) is 0.479. The molecule has 2 N–H and O–H groups in total. The summed E-state index contributed by atoms with van der Waals surface area (Å²) in [4.78, 5) is 12.4. The lowest BCUT2D eigenvalue weighted by Crippen LogP contribution is -2.45. The zero-order chi connectivity index (χ0) is 17.0. The number of methoxy groups -OCH3 is 1. The third-order valence-corrected chi connectivity index (χ3v) is 3.85. The molecule has 0 radical (unpaired) electrons. The van der Waals surface area contributed by atoms with E-state index in [1.165, 1.54) is 19.2 Å². The second kappa shape index (κ2) is 7.72. The average molecular weight is 359 g/mol. The van der Waals surface area contributed by atoms with Gasteiger partial charge >= 0.3 is 5.97 Å². The maximum absolute atomic E-state index is 14.2. The third kappa shape index (κ3) is 3.99. The van der Waals surface area contributed by atoms with Gasteiger partial charge in [-0.2, -0.15) is 0 Å². The molecule has 1 aliphatic heterocycles. The molecular formula is C15H16ClFN2O3S. The molecule has 1 atom stereocenters. The fraction of sp³-hybridized carbons (Fsp3) is 0.333. The molecule has 1 heterocycles. The van der Waals surface area contributed by atoms with Crippen LogP contribution in [0.3, 0.4) is 0 Å². The van der Waals surface area contributed by atoms with E-state index in [1.807, 2.05) is 0 Å². The Balaban J connectivity index is 2.40. The van der Waals surface area contributed by atoms with Gasteiger partial charge in [-0.05, 0) is 31.3 Å². The zero-order valence-corrected chi connectivity index (χ0v) is 14.2. The number of nitrogens with one attached hydrogen (secondary N) is 2. The van der Waals surface area contributed by atoms with E-state index >= 15 is 0 Å². The molecule has 23 heavy (non-hydrogen) atoms. The molecule has 8 heteroatoms. The largest absolute Gasteiger partial charge is 0.460 e. The van der Waals surface area contributed by atoms with Crippen molar-refractivity contribution < 1.29 is 18.7 Å². The van der Waals surface area contributed by atoms with Crippen molar-refractivity contribution in [3.05, 3.63) is 45.9 Å². The van der Waals surface area contributed by atoms with Gasteiger partial charge in [0.25, 0.3) is 0 Å². The van der Waals surface area contributed by atoms with Crippen molar-refractivity contribution >= 4 is 34.9 Å². The molecule has 0 bridgehead atoms. The number of hydrogen-bond donors (Lipinski definition) is 2. The normalized spacial score (nSPS) is 17.6. The minimum Gasteiger partial charge on any atom is -0.460 e. The molecule has 124 valence electrons. The van der Waals surface area contributed by atoms with Gasteiger partial charge in [0.2, 0.25) is 0 Å². The fourth-order valence-corrected chi connectivity index (χ4v) is 2.81. The van der Waals surface area contributed by atoms with Gasteiger partial charge in [0.05, 0.1) is 18.2 Å². The first-order chi connectivity index (χ1) is 11.0. The molecule has 0 saturated heterocycles. The minimum atomic E-state index is -0.826. The van der Waals surface area contributed by atoms with E-state index in [9.17, 15) is 9.18 Å². The standard InChI is InChI=1S/C15H16ClFN2O3S/c1-8-11(14(20)22-7-6-21-2)13(19-15(23)18-8)12-9(16)4-3-5-10(12)17/h3-5,13H,6-7H2,1-2H3,(H2,18,19,23)/t13-/m0/s1. The summed E-state index contributed by atoms with van der Waals surface area (Å²) in [7, 11) is 1.50. The number of esters is 1. The number of hydrogen-bond acceptors (Lipinski definition) is 4. The van der Waals surface area contributed by atoms with Crippen molar-refractivity contribution in [3.63, 3.8) is 0 Å². The Morgan fingerprint density at radius 1 is 1.43 bits per heavy atom. The summed E-state index contributed by atoms with van der Waals surface area (Å²) in [5.74, 6) is -1.12. The van der Waals surface area contributed by atoms with Gasteiger partial charge < -0.3 is 20.1 Å². The van der Waals surface area contributed by atoms with Gasteiger partial charge in [-0.15, -0.1) is 0 Å². The number of carbonyl (C=O) groups is 1. The maximum Gasteiger partial charge on any atom is 0.338 e. The summed E-state index contributed by atoms with van der Waals surface area (Å²) in [6.45, 7) is 2.03. The summed E-state index contributed by atoms with van der Waals surface area (Å²) < 4.78 is 24.2. The molecule has 0 amide bonds. The Hall–Kier alpha value is -1.70. The number of ether oxygens (including phenoxy) is 2. The van der Waals surface area contributed by atoms with Gasteiger partial charge in [-0.1, -0.05) is 17.7 Å². The fourth-order valence-electron chi connectivity index (χ4n) is 2.26. The summed E-state index contributed by atoms with van der Waals surface area (Å²) in [6.07, 6.45) is 0. The lowest BCUT2D eigenvalue weighted by atomic mass is 9.95. The van der Waals surface area contributed by atoms with Crippen LogP contribution in [-0.4, -0.2) is 31.4 Å². The minimum absolute atomic E-state index is 0.0916. The van der Waals surface area contributed by atoms with Crippen LogP contribution in [0.1, 0.15) is 18.5 Å². The van der Waals surface area contributed by atoms with Crippen LogP contribution in [0.2, 0.25) is 5.02 Å². The van der Waals surface area contributed by atoms with Crippen molar-refractivity contribution in [2.45, 2.75) is 13.0 Å². The summed E-state index contributed by atoms with van der Waals surface area (Å²) in [6, 6.07) is 3.49. The molecule has 1 aromatic rings. The summed E-state index contributed by atoms with van der Waals surface area (Å²) >= 11 is 11.2. The molecule has 1 aliphatic rings. The molecule has 0 fully saturated rings. The van der Waals surface area contributed by atoms with E-state index in [0.717, 1.165) is 0 Å². The Morgan fingerprint density at radius 3 is 2.83 bits per heavy atom. The molecule has 1 aromatic carbocycles. The van der Waals surface area contributed by atoms with Crippen LogP contribution < -0.4 is 10.6 Å². The number of thiocarbonyl (C=S) groups is 1. The molecule has 0 aromatic heterocycles. The van der Waals surface area contributed by atoms with Crippen LogP contribution in [0.4, 0.5) is 4.39 Å². The molecule has 0 unspecified atom stereocenters. The molecule has 0 aliphatic carbocycles. The van der Waals surface area contributed by atoms with Crippen molar-refractivity contribution in [2.75, 3.05) is 20.3 Å². The van der Waals surface area contributed by atoms with E-state index in [0.29, 0.717) is 5.70 Å². The van der Waals surface area contributed by atoms with Crippen molar-refractivity contribution in [1.29, 1.82) is 0 Å². The molecule has 0 spiro atoms. The van der Waals surface area contributed by atoms with Gasteiger partial charge in [-0.3, -0.25) is 0 Å². The first kappa shape index (κ1) is 17.7. The maximum atomic E-state index is 14.2. The predicted octanol–water partition coefficient (Wildman–Crippen LogP) is 2.46. The topological polar surface area (TPSA) is 59.6 Å². The van der Waals surface area contributed by atoms with Crippen molar-refractivity contribution in [1.82, 2.24) is 10.6 Å². The van der Waals surface area contributed by atoms with E-state index in [1.54, 1.807) is 13.0 Å². The number of halogens is 2. The van der Waals surface area contributed by atoms with E-state index < -0.39 is 17.8 Å². The Bertz CT molecular complexity index is 646. The average Bonchev–Trinajstić information content (AvgIpc) is 2.46. The van der Waals surface area contributed by atoms with Gasteiger partial charge in [0.1, 0.15) is 12.4 Å². The highest BCUT2D eigenvalue weighted by Gasteiger charge is 2.33. The molecule has 5 nitrogen and oxygen atoms in total. The monoisotopic (exact) mass is 358 g/mol. The summed E-state index contributed by atoms with van der Waals surface area (Å²) in [5, 5.41) is 6.19. The van der Waals surface area contributed by atoms with Crippen LogP contribution in [0.15, 0.2) is 29.5 Å². The first-order valence-corrected chi connectivity index (χ1v) is 7.62. The van der Waals surface area contributed by atoms with Gasteiger partial charge in [0.15, 0.2) is 5.11 Å². The highest BCUT2D eigenvalue weighted by molar-refractivity contribution is 7.80. The van der Waals surface area contributed by atoms with Crippen LogP contribution in [0.25, 0.3) is 0 Å². The van der Waals surface area contributed by atoms with Gasteiger partial charge in [0, 0.05) is 23.4 Å². The van der Waals surface area contributed by atoms with Crippen LogP contribution in [0.5, 0.6) is 0 Å². The second-order valence-corrected chi connectivity index (χ2v) is 5.65. The van der Waals surface area contributed by atoms with Crippen LogP contribution in [0, 0.1) is 5.82 Å². The van der Waals surface area contributed by atoms with Gasteiger partial charge in [-0.25, -0.2) is 9.18 Å². The number of benzene rings is 1. The lowest BCUT2D eigenvalue weighted by molar-refractivity contribution is -0.140. The Kier molecular flexibility index (Phi) is 5.92. The lowest BCUT2D eigenvalue weighted by Gasteiger charge is -2.30. The number of allylic oxidation sites excluding steroid dienone is 1. The van der Waals surface area contributed by atoms with Crippen molar-refractivity contribution in [3.8, 4) is 0 Å². The molecule has 2 rings (SSSR count). The highest BCUT2D eigenvalue weighted by atomic mass is 35.5. The molecular weight excluding hydrogens is 343 g/mol. The molecule has 0 saturated carbocycles. The van der Waals surface area contributed by atoms with Crippen LogP contribution >= 0.6 is 23.8 Å². The second-order valence-electron chi connectivity index (χ2n) is 4.83. The van der Waals surface area contributed by atoms with Crippen molar-refractivity contribution in [2.24, 2.45) is 0 Å². The number of carbonyl (C=O) groups excluding carboxylic acids is 1. The number of rotatable bonds is 5. The Labute approximate surface area is 143 Å². The van der Waals surface area contributed by atoms with Crippen LogP contribution in [-0.2, 0) is 14.3 Å². The van der Waals surface area contributed by atoms with E-state index in [2.05, 4.69) is 10.6 Å². The predicted molar refractivity (Wildman–Crippen MR) is 88.6 cm³/mol. The SMILES string of the molecule is COCCOC(=O)C1=C(C)NC(=S)N[C@@H]1c1c(F)cccc1Cl. The third-order valence-electron chi connectivity index (χ3n) is 3.30. The Morgan fingerprint density at radius 2 is 2.17 bits per heavy atom. The first-order valence-electron chi connectivity index (χ1n) is 6.84. The summed E-state index contributed by atoms with van der Waals surface area (Å²) in [5.41, 5.74) is 0.859. The zero-order valence-electron chi connectivity index (χ0n) is 12.6. The van der Waals surface area contributed by atoms with E-state index in [4.69, 9.17) is 33.3 Å². The highest BCUT2D eigenvalue weighted by Crippen LogP contribution is 2.33. The van der Waals surface area contributed by atoms with E-state index in [-0.39, 0.29) is 34.5 Å². The smallest absolute Gasteiger partial charge is 0.338 e.